The Hall–Kier alpha value is -4.20. The molecule has 8 heteroatoms. The second-order valence-corrected chi connectivity index (χ2v) is 6.58. The Morgan fingerprint density at radius 1 is 0.903 bits per heavy atom. The molecule has 0 N–H and O–H groups in total. The molecule has 8 nitrogen and oxygen atoms in total. The zero-order valence-corrected chi connectivity index (χ0v) is 17.3. The average Bonchev–Trinajstić information content (AvgIpc) is 3.33. The Kier molecular flexibility index (Phi) is 5.61. The number of ether oxygens (including phenoxy) is 3. The third-order valence-corrected chi connectivity index (χ3v) is 4.79. The van der Waals surface area contributed by atoms with Gasteiger partial charge in [-0.3, -0.25) is 0 Å². The molecule has 4 aromatic rings. The highest BCUT2D eigenvalue weighted by molar-refractivity contribution is 5.87. The maximum absolute atomic E-state index is 11.7. The van der Waals surface area contributed by atoms with Crippen LogP contribution in [0.5, 0.6) is 11.5 Å². The van der Waals surface area contributed by atoms with Crippen LogP contribution in [0.15, 0.2) is 67.0 Å². The van der Waals surface area contributed by atoms with E-state index in [-0.39, 0.29) is 5.69 Å². The van der Waals surface area contributed by atoms with Crippen LogP contribution < -0.4 is 9.47 Å². The summed E-state index contributed by atoms with van der Waals surface area (Å²) in [5.74, 6) is 1.01. The molecule has 0 unspecified atom stereocenters. The first-order valence-electron chi connectivity index (χ1n) is 9.43. The van der Waals surface area contributed by atoms with Crippen LogP contribution in [0.25, 0.3) is 28.1 Å². The number of rotatable bonds is 6. The van der Waals surface area contributed by atoms with Crippen molar-refractivity contribution in [1.29, 1.82) is 0 Å². The minimum Gasteiger partial charge on any atom is -0.497 e. The van der Waals surface area contributed by atoms with Crippen LogP contribution in [0, 0.1) is 0 Å². The molecule has 0 aliphatic rings. The third-order valence-electron chi connectivity index (χ3n) is 4.79. The van der Waals surface area contributed by atoms with E-state index in [4.69, 9.17) is 14.2 Å². The Morgan fingerprint density at radius 3 is 2.39 bits per heavy atom. The molecule has 2 aromatic carbocycles. The number of benzene rings is 2. The van der Waals surface area contributed by atoms with E-state index < -0.39 is 5.97 Å². The lowest BCUT2D eigenvalue weighted by molar-refractivity contribution is 0.0594. The zero-order chi connectivity index (χ0) is 21.8. The quantitative estimate of drug-likeness (QED) is 0.442. The molecule has 0 aliphatic carbocycles. The van der Waals surface area contributed by atoms with Gasteiger partial charge in [-0.05, 0) is 35.9 Å². The van der Waals surface area contributed by atoms with Crippen LogP contribution in [-0.4, -0.2) is 47.3 Å². The fraction of sp³-hybridized carbons (Fsp3) is 0.130. The van der Waals surface area contributed by atoms with Crippen LogP contribution in [-0.2, 0) is 4.74 Å². The van der Waals surface area contributed by atoms with Gasteiger partial charge in [-0.15, -0.1) is 5.10 Å². The van der Waals surface area contributed by atoms with Gasteiger partial charge < -0.3 is 14.2 Å². The van der Waals surface area contributed by atoms with Gasteiger partial charge in [0.15, 0.2) is 0 Å². The monoisotopic (exact) mass is 416 g/mol. The zero-order valence-electron chi connectivity index (χ0n) is 17.3. The smallest absolute Gasteiger partial charge is 0.356 e. The van der Waals surface area contributed by atoms with E-state index in [1.807, 2.05) is 42.5 Å². The molecule has 4 rings (SSSR count). The Morgan fingerprint density at radius 2 is 1.68 bits per heavy atom. The van der Waals surface area contributed by atoms with Crippen molar-refractivity contribution in [2.75, 3.05) is 21.3 Å². The van der Waals surface area contributed by atoms with E-state index >= 15 is 0 Å². The highest BCUT2D eigenvalue weighted by Gasteiger charge is 2.12. The van der Waals surface area contributed by atoms with Gasteiger partial charge >= 0.3 is 5.97 Å². The topological polar surface area (TPSA) is 88.4 Å². The minimum atomic E-state index is -0.509. The number of carbonyl (C=O) groups excluding carboxylic acids is 1. The van der Waals surface area contributed by atoms with E-state index in [0.29, 0.717) is 11.4 Å². The van der Waals surface area contributed by atoms with Gasteiger partial charge in [0.1, 0.15) is 22.9 Å². The number of pyridine rings is 1. The summed E-state index contributed by atoms with van der Waals surface area (Å²) < 4.78 is 17.1. The van der Waals surface area contributed by atoms with Crippen LogP contribution in [0.2, 0.25) is 0 Å². The summed E-state index contributed by atoms with van der Waals surface area (Å²) in [5, 5.41) is 8.42. The molecule has 0 atom stereocenters. The summed E-state index contributed by atoms with van der Waals surface area (Å²) >= 11 is 0. The summed E-state index contributed by atoms with van der Waals surface area (Å²) in [7, 11) is 4.59. The van der Waals surface area contributed by atoms with Crippen molar-refractivity contribution in [1.82, 2.24) is 20.0 Å². The fourth-order valence-electron chi connectivity index (χ4n) is 3.16. The summed E-state index contributed by atoms with van der Waals surface area (Å²) in [6.45, 7) is 0. The van der Waals surface area contributed by atoms with E-state index in [0.717, 1.165) is 28.2 Å². The van der Waals surface area contributed by atoms with E-state index in [2.05, 4.69) is 15.3 Å². The molecule has 0 saturated heterocycles. The lowest BCUT2D eigenvalue weighted by atomic mass is 10.0. The van der Waals surface area contributed by atoms with Crippen molar-refractivity contribution in [3.63, 3.8) is 0 Å². The molecule has 0 aliphatic heterocycles. The second kappa shape index (κ2) is 8.66. The number of nitrogens with zero attached hydrogens (tertiary/aromatic N) is 4. The Bertz CT molecular complexity index is 1220. The maximum atomic E-state index is 11.7. The summed E-state index contributed by atoms with van der Waals surface area (Å²) in [6, 6.07) is 16.9. The van der Waals surface area contributed by atoms with Crippen molar-refractivity contribution in [2.45, 2.75) is 0 Å². The standard InChI is InChI=1S/C23H20N4O4/c1-29-18-8-9-22(30-2)19(13-18)15-4-6-16(7-5-15)21-14-27(26-25-21)17-10-11-24-20(12-17)23(28)31-3/h4-14H,1-3H3. The van der Waals surface area contributed by atoms with Crippen molar-refractivity contribution >= 4 is 5.97 Å². The largest absolute Gasteiger partial charge is 0.497 e. The first-order valence-corrected chi connectivity index (χ1v) is 9.43. The first-order chi connectivity index (χ1) is 15.1. The first kappa shape index (κ1) is 20.1. The van der Waals surface area contributed by atoms with Gasteiger partial charge in [-0.2, -0.15) is 0 Å². The van der Waals surface area contributed by atoms with Gasteiger partial charge in [-0.1, -0.05) is 29.5 Å². The predicted molar refractivity (Wildman–Crippen MR) is 114 cm³/mol. The lowest BCUT2D eigenvalue weighted by Gasteiger charge is -2.11. The van der Waals surface area contributed by atoms with Gasteiger partial charge in [0, 0.05) is 17.3 Å². The second-order valence-electron chi connectivity index (χ2n) is 6.58. The molecule has 156 valence electrons. The fourth-order valence-corrected chi connectivity index (χ4v) is 3.16. The molecule has 0 bridgehead atoms. The molecule has 31 heavy (non-hydrogen) atoms. The van der Waals surface area contributed by atoms with E-state index in [1.54, 1.807) is 37.2 Å². The highest BCUT2D eigenvalue weighted by Crippen LogP contribution is 2.34. The predicted octanol–water partition coefficient (Wildman–Crippen LogP) is 3.80. The number of methoxy groups -OCH3 is 3. The summed E-state index contributed by atoms with van der Waals surface area (Å²) in [4.78, 5) is 15.7. The summed E-state index contributed by atoms with van der Waals surface area (Å²) in [6.07, 6.45) is 3.32. The van der Waals surface area contributed by atoms with Crippen molar-refractivity contribution in [2.24, 2.45) is 0 Å². The SMILES string of the molecule is COC(=O)c1cc(-n2cc(-c3ccc(-c4cc(OC)ccc4OC)cc3)nn2)ccn1. The molecule has 0 radical (unpaired) electrons. The number of aromatic nitrogens is 4. The maximum Gasteiger partial charge on any atom is 0.356 e. The normalized spacial score (nSPS) is 10.5. The van der Waals surface area contributed by atoms with Crippen LogP contribution in [0.1, 0.15) is 10.5 Å². The average molecular weight is 416 g/mol. The van der Waals surface area contributed by atoms with Gasteiger partial charge in [0.25, 0.3) is 0 Å². The molecule has 2 heterocycles. The van der Waals surface area contributed by atoms with Gasteiger partial charge in [0.05, 0.1) is 33.2 Å². The molecular formula is C23H20N4O4. The highest BCUT2D eigenvalue weighted by atomic mass is 16.5. The molecular weight excluding hydrogens is 396 g/mol. The van der Waals surface area contributed by atoms with Crippen LogP contribution in [0.3, 0.4) is 0 Å². The van der Waals surface area contributed by atoms with Crippen LogP contribution >= 0.6 is 0 Å². The number of esters is 1. The molecule has 0 saturated carbocycles. The van der Waals surface area contributed by atoms with Crippen molar-refractivity contribution in [3.05, 3.63) is 72.7 Å². The van der Waals surface area contributed by atoms with Crippen molar-refractivity contribution < 1.29 is 19.0 Å². The Labute approximate surface area is 179 Å². The molecule has 0 spiro atoms. The lowest BCUT2D eigenvalue weighted by Crippen LogP contribution is -2.05. The van der Waals surface area contributed by atoms with Gasteiger partial charge in [0.2, 0.25) is 0 Å². The molecule has 0 fully saturated rings. The Balaban J connectivity index is 1.62. The molecule has 2 aromatic heterocycles. The number of hydrogen-bond acceptors (Lipinski definition) is 7. The van der Waals surface area contributed by atoms with Crippen molar-refractivity contribution in [3.8, 4) is 39.6 Å². The van der Waals surface area contributed by atoms with E-state index in [1.165, 1.54) is 13.3 Å². The summed E-state index contributed by atoms with van der Waals surface area (Å²) in [5.41, 5.74) is 4.38. The van der Waals surface area contributed by atoms with E-state index in [9.17, 15) is 4.79 Å². The number of carbonyl (C=O) groups is 1. The third kappa shape index (κ3) is 4.09. The minimum absolute atomic E-state index is 0.202. The number of hydrogen-bond donors (Lipinski definition) is 0. The van der Waals surface area contributed by atoms with Gasteiger partial charge in [-0.25, -0.2) is 14.5 Å². The van der Waals surface area contributed by atoms with Crippen LogP contribution in [0.4, 0.5) is 0 Å². The molecule has 0 amide bonds.